The lowest BCUT2D eigenvalue weighted by Gasteiger charge is -2.11. The van der Waals surface area contributed by atoms with E-state index >= 15 is 0 Å². The lowest BCUT2D eigenvalue weighted by molar-refractivity contribution is -0.438. The first-order chi connectivity index (χ1) is 5.07. The van der Waals surface area contributed by atoms with Crippen LogP contribution in [0.15, 0.2) is 0 Å². The van der Waals surface area contributed by atoms with Gasteiger partial charge in [-0.25, -0.2) is 0 Å². The van der Waals surface area contributed by atoms with E-state index in [4.69, 9.17) is 11.6 Å². The molecule has 0 aliphatic rings. The predicted molar refractivity (Wildman–Crippen MR) is 38.3 cm³/mol. The minimum atomic E-state index is -1.14. The molecule has 0 bridgehead atoms. The van der Waals surface area contributed by atoms with Crippen LogP contribution in [0.2, 0.25) is 0 Å². The van der Waals surface area contributed by atoms with E-state index in [1.165, 1.54) is 0 Å². The van der Waals surface area contributed by atoms with Crippen LogP contribution in [0.3, 0.4) is 0 Å². The second-order valence-corrected chi connectivity index (χ2v) is 3.11. The Labute approximate surface area is 70.5 Å². The molecule has 0 aliphatic heterocycles. The normalized spacial score (nSPS) is 15.9. The monoisotopic (exact) mass is 181 g/mol. The van der Waals surface area contributed by atoms with Gasteiger partial charge in [-0.15, -0.1) is 11.6 Å². The van der Waals surface area contributed by atoms with E-state index in [9.17, 15) is 9.90 Å². The van der Waals surface area contributed by atoms with Gasteiger partial charge in [0.25, 0.3) is 0 Å². The quantitative estimate of drug-likeness (QED) is 0.442. The number of alkyl halides is 1. The smallest absolute Gasteiger partial charge is 0.126 e. The summed E-state index contributed by atoms with van der Waals surface area (Å²) in [5.41, 5.74) is 7.00. The molecule has 5 heteroatoms. The van der Waals surface area contributed by atoms with E-state index in [-0.39, 0.29) is 5.38 Å². The Bertz CT molecular complexity index is 132. The van der Waals surface area contributed by atoms with Gasteiger partial charge in [-0.3, -0.25) is 0 Å². The molecule has 0 amide bonds. The molecule has 0 radical (unpaired) electrons. The lowest BCUT2D eigenvalue weighted by Crippen LogP contribution is -2.69. The van der Waals surface area contributed by atoms with E-state index in [1.807, 2.05) is 0 Å². The highest BCUT2D eigenvalue weighted by atomic mass is 35.5. The van der Waals surface area contributed by atoms with Crippen LogP contribution in [-0.4, -0.2) is 23.9 Å². The highest BCUT2D eigenvalue weighted by molar-refractivity contribution is 6.20. The lowest BCUT2D eigenvalue weighted by atomic mass is 10.1. The molecule has 0 saturated heterocycles. The van der Waals surface area contributed by atoms with Crippen LogP contribution in [-0.2, 0) is 4.79 Å². The maximum absolute atomic E-state index is 10.2. The third-order valence-corrected chi connectivity index (χ3v) is 1.79. The molecular formula is C6H14ClN2O2+. The van der Waals surface area contributed by atoms with Crippen LogP contribution in [0.4, 0.5) is 0 Å². The van der Waals surface area contributed by atoms with Gasteiger partial charge in [0.05, 0.1) is 12.5 Å². The fraction of sp³-hybridized carbons (Fsp3) is 0.833. The third kappa shape index (κ3) is 5.01. The van der Waals surface area contributed by atoms with Crippen LogP contribution >= 0.6 is 11.6 Å². The van der Waals surface area contributed by atoms with E-state index in [0.29, 0.717) is 13.0 Å². The summed E-state index contributed by atoms with van der Waals surface area (Å²) in [4.78, 5) is 10.2. The molecule has 0 aromatic carbocycles. The van der Waals surface area contributed by atoms with Crippen molar-refractivity contribution in [2.75, 3.05) is 6.54 Å². The molecule has 6 N–H and O–H groups in total. The molecule has 0 aliphatic carbocycles. The summed E-state index contributed by atoms with van der Waals surface area (Å²) >= 11 is 5.75. The van der Waals surface area contributed by atoms with Crippen LogP contribution in [0, 0.1) is 0 Å². The number of rotatable bonds is 5. The SMILES string of the molecule is [NH3+]CCC(Cl)C[C@H]([NH3+])C(=O)[O-]. The van der Waals surface area contributed by atoms with E-state index in [1.54, 1.807) is 0 Å². The van der Waals surface area contributed by atoms with Gasteiger partial charge in [-0.1, -0.05) is 0 Å². The van der Waals surface area contributed by atoms with E-state index in [0.717, 1.165) is 6.42 Å². The molecule has 0 rings (SSSR count). The number of carboxylic acids is 1. The topological polar surface area (TPSA) is 95.4 Å². The van der Waals surface area contributed by atoms with Gasteiger partial charge in [-0.05, 0) is 0 Å². The van der Waals surface area contributed by atoms with Crippen LogP contribution in [0.5, 0.6) is 0 Å². The van der Waals surface area contributed by atoms with Gasteiger partial charge < -0.3 is 21.4 Å². The maximum atomic E-state index is 10.2. The maximum Gasteiger partial charge on any atom is 0.126 e. The van der Waals surface area contributed by atoms with Crippen molar-refractivity contribution in [2.24, 2.45) is 0 Å². The van der Waals surface area contributed by atoms with Gasteiger partial charge in [0.15, 0.2) is 0 Å². The Balaban J connectivity index is 3.56. The number of hydrogen-bond donors (Lipinski definition) is 2. The van der Waals surface area contributed by atoms with Crippen molar-refractivity contribution in [3.8, 4) is 0 Å². The molecule has 0 fully saturated rings. The average Bonchev–Trinajstić information content (AvgIpc) is 1.87. The summed E-state index contributed by atoms with van der Waals surface area (Å²) in [5, 5.41) is 10.0. The summed E-state index contributed by atoms with van der Waals surface area (Å²) in [6.45, 7) is 0.716. The number of carbonyl (C=O) groups is 1. The van der Waals surface area contributed by atoms with Crippen molar-refractivity contribution >= 4 is 17.6 Å². The Morgan fingerprint density at radius 3 is 2.55 bits per heavy atom. The van der Waals surface area contributed by atoms with Crippen molar-refractivity contribution in [1.82, 2.24) is 0 Å². The molecule has 0 aromatic rings. The number of aliphatic carboxylic acids is 1. The Hall–Kier alpha value is -0.320. The highest BCUT2D eigenvalue weighted by Gasteiger charge is 2.14. The Morgan fingerprint density at radius 1 is 1.64 bits per heavy atom. The van der Waals surface area contributed by atoms with Gasteiger partial charge in [0.1, 0.15) is 6.04 Å². The number of hydrogen-bond acceptors (Lipinski definition) is 2. The van der Waals surface area contributed by atoms with Gasteiger partial charge >= 0.3 is 0 Å². The molecule has 0 spiro atoms. The zero-order chi connectivity index (χ0) is 8.85. The molecular weight excluding hydrogens is 168 g/mol. The van der Waals surface area contributed by atoms with Crippen LogP contribution in [0.25, 0.3) is 0 Å². The number of halogens is 1. The largest absolute Gasteiger partial charge is 0.544 e. The zero-order valence-corrected chi connectivity index (χ0v) is 7.14. The van der Waals surface area contributed by atoms with Gasteiger partial charge in [-0.2, -0.15) is 0 Å². The highest BCUT2D eigenvalue weighted by Crippen LogP contribution is 2.06. The fourth-order valence-electron chi connectivity index (χ4n) is 0.744. The number of quaternary nitrogens is 2. The Kier molecular flexibility index (Phi) is 5.19. The second-order valence-electron chi connectivity index (χ2n) is 2.49. The van der Waals surface area contributed by atoms with E-state index in [2.05, 4.69) is 11.5 Å². The van der Waals surface area contributed by atoms with Crippen molar-refractivity contribution in [3.63, 3.8) is 0 Å². The zero-order valence-electron chi connectivity index (χ0n) is 6.38. The van der Waals surface area contributed by atoms with Crippen molar-refractivity contribution in [1.29, 1.82) is 0 Å². The first-order valence-electron chi connectivity index (χ1n) is 3.55. The standard InChI is InChI=1S/C6H13ClN2O2/c7-4(1-2-8)3-5(9)6(10)11/h4-5H,1-3,8-9H2,(H,10,11)/p+1/t4?,5-/m0/s1. The Morgan fingerprint density at radius 2 is 2.18 bits per heavy atom. The summed E-state index contributed by atoms with van der Waals surface area (Å²) in [5.74, 6) is -1.14. The summed E-state index contributed by atoms with van der Waals surface area (Å²) < 4.78 is 0. The molecule has 11 heavy (non-hydrogen) atoms. The minimum absolute atomic E-state index is 0.145. The molecule has 1 unspecified atom stereocenters. The van der Waals surface area contributed by atoms with Crippen molar-refractivity contribution in [3.05, 3.63) is 0 Å². The molecule has 0 aromatic heterocycles. The number of carbonyl (C=O) groups excluding carboxylic acids is 1. The van der Waals surface area contributed by atoms with Crippen molar-refractivity contribution < 1.29 is 21.4 Å². The first-order valence-corrected chi connectivity index (χ1v) is 3.98. The van der Waals surface area contributed by atoms with Gasteiger partial charge in [0.2, 0.25) is 0 Å². The molecule has 2 atom stereocenters. The molecule has 4 nitrogen and oxygen atoms in total. The van der Waals surface area contributed by atoms with Gasteiger partial charge in [0, 0.05) is 18.2 Å². The van der Waals surface area contributed by atoms with Crippen LogP contribution in [0.1, 0.15) is 12.8 Å². The third-order valence-electron chi connectivity index (χ3n) is 1.39. The summed E-state index contributed by atoms with van der Waals surface area (Å²) in [6, 6.07) is -0.705. The summed E-state index contributed by atoms with van der Waals surface area (Å²) in [6.07, 6.45) is 1.08. The molecule has 0 heterocycles. The summed E-state index contributed by atoms with van der Waals surface area (Å²) in [7, 11) is 0. The molecule has 0 saturated carbocycles. The van der Waals surface area contributed by atoms with Crippen LogP contribution < -0.4 is 16.6 Å². The number of carboxylic acid groups (broad SMARTS) is 1. The second kappa shape index (κ2) is 5.35. The van der Waals surface area contributed by atoms with Crippen molar-refractivity contribution in [2.45, 2.75) is 24.3 Å². The average molecular weight is 182 g/mol. The minimum Gasteiger partial charge on any atom is -0.544 e. The van der Waals surface area contributed by atoms with E-state index < -0.39 is 12.0 Å². The first kappa shape index (κ1) is 10.7. The molecule has 66 valence electrons. The fourth-order valence-corrected chi connectivity index (χ4v) is 1.11. The predicted octanol–water partition coefficient (Wildman–Crippen LogP) is -3.02.